The van der Waals surface area contributed by atoms with Crippen LogP contribution in [-0.4, -0.2) is 82.6 Å². The number of hydrogen-bond donors (Lipinski definition) is 0. The van der Waals surface area contributed by atoms with Crippen molar-refractivity contribution in [3.05, 3.63) is 119 Å². The molecule has 1 saturated heterocycles. The van der Waals surface area contributed by atoms with E-state index in [0.29, 0.717) is 0 Å². The average molecular weight is 713 g/mol. The third-order valence-electron chi connectivity index (χ3n) is 10.7. The zero-order valence-electron chi connectivity index (χ0n) is 33.0. The van der Waals surface area contributed by atoms with E-state index in [0.717, 1.165) is 71.2 Å². The molecule has 0 bridgehead atoms. The maximum atomic E-state index is 7.16. The van der Waals surface area contributed by atoms with Gasteiger partial charge < -0.3 is 37.4 Å². The van der Waals surface area contributed by atoms with Gasteiger partial charge in [-0.2, -0.15) is 0 Å². The predicted octanol–water partition coefficient (Wildman–Crippen LogP) is 8.26. The van der Waals surface area contributed by atoms with Crippen molar-refractivity contribution in [3.63, 3.8) is 0 Å². The van der Waals surface area contributed by atoms with Crippen molar-refractivity contribution >= 4 is 0 Å². The van der Waals surface area contributed by atoms with E-state index in [-0.39, 0.29) is 17.6 Å². The lowest BCUT2D eigenvalue weighted by Crippen LogP contribution is -2.54. The lowest BCUT2D eigenvalue weighted by atomic mass is 9.87. The van der Waals surface area contributed by atoms with Gasteiger partial charge in [0.05, 0.1) is 42.5 Å². The van der Waals surface area contributed by atoms with Crippen molar-refractivity contribution in [1.82, 2.24) is 0 Å². The number of rotatable bonds is 16. The molecule has 1 fully saturated rings. The highest BCUT2D eigenvalue weighted by Crippen LogP contribution is 2.44. The molecular formula is C44H60N2O6+2. The Balaban J connectivity index is 1.50. The molecule has 1 heterocycles. The van der Waals surface area contributed by atoms with Crippen LogP contribution in [0.4, 0.5) is 0 Å². The van der Waals surface area contributed by atoms with Crippen molar-refractivity contribution in [2.45, 2.75) is 71.9 Å². The molecule has 0 saturated carbocycles. The monoisotopic (exact) mass is 712 g/mol. The molecule has 52 heavy (non-hydrogen) atoms. The average Bonchev–Trinajstić information content (AvgIpc) is 3.43. The van der Waals surface area contributed by atoms with Crippen LogP contribution in [0.1, 0.15) is 49.9 Å². The van der Waals surface area contributed by atoms with E-state index in [1.54, 1.807) is 28.4 Å². The number of ether oxygens (including phenoxy) is 6. The smallest absolute Gasteiger partial charge is 0.171 e. The van der Waals surface area contributed by atoms with Gasteiger partial charge in [-0.1, -0.05) is 20.8 Å². The maximum Gasteiger partial charge on any atom is 0.171 e. The summed E-state index contributed by atoms with van der Waals surface area (Å²) in [5, 5.41) is 0. The van der Waals surface area contributed by atoms with Crippen LogP contribution in [0.2, 0.25) is 0 Å². The SMILES string of the molecule is COc1ccc(C[N+](C)(Cc2ccc(OC)cc2)CC2OC(C)(C(C)(C)C)OC2C[N+](C)(Cc2ccc(OC)cc2)Cc2ccc(OC)cc2)cc1. The van der Waals surface area contributed by atoms with Crippen LogP contribution in [-0.2, 0) is 35.7 Å². The highest BCUT2D eigenvalue weighted by molar-refractivity contribution is 5.29. The molecule has 8 heteroatoms. The van der Waals surface area contributed by atoms with Gasteiger partial charge in [0, 0.05) is 27.7 Å². The highest BCUT2D eigenvalue weighted by Gasteiger charge is 2.55. The second kappa shape index (κ2) is 16.3. The molecule has 1 aliphatic rings. The predicted molar refractivity (Wildman–Crippen MR) is 207 cm³/mol. The number of hydrogen-bond acceptors (Lipinski definition) is 6. The first-order chi connectivity index (χ1) is 24.7. The van der Waals surface area contributed by atoms with Gasteiger partial charge in [-0.05, 0) is 104 Å². The second-order valence-corrected chi connectivity index (χ2v) is 16.1. The Labute approximate surface area is 312 Å². The third kappa shape index (κ3) is 9.86. The standard InChI is InChI=1S/C44H60N2O6/c1-43(2,3)44(4)51-41(31-45(5,27-33-11-19-37(47-7)20-12-33)28-34-13-21-38(48-8)22-14-34)42(52-44)32-46(6,29-35-15-23-39(49-9)24-16-35)30-36-17-25-40(50-10)26-18-36/h11-26,41-42H,27-32H2,1-10H3/q+2. The molecule has 0 N–H and O–H groups in total. The van der Waals surface area contributed by atoms with E-state index in [2.05, 4.69) is 90.3 Å². The normalized spacial score (nSPS) is 19.3. The first kappa shape index (κ1) is 39.1. The first-order valence-electron chi connectivity index (χ1n) is 18.2. The quantitative estimate of drug-likeness (QED) is 0.109. The van der Waals surface area contributed by atoms with Crippen LogP contribution in [0.15, 0.2) is 97.1 Å². The summed E-state index contributed by atoms with van der Waals surface area (Å²) in [5.74, 6) is 2.65. The van der Waals surface area contributed by atoms with E-state index in [9.17, 15) is 0 Å². The number of nitrogens with zero attached hydrogens (tertiary/aromatic N) is 2. The fourth-order valence-corrected chi connectivity index (χ4v) is 7.35. The molecule has 0 aliphatic carbocycles. The van der Waals surface area contributed by atoms with Crippen LogP contribution in [0.25, 0.3) is 0 Å². The Morgan fingerprint density at radius 1 is 0.481 bits per heavy atom. The Kier molecular flexibility index (Phi) is 12.3. The molecule has 0 radical (unpaired) electrons. The van der Waals surface area contributed by atoms with Crippen LogP contribution in [0.5, 0.6) is 23.0 Å². The summed E-state index contributed by atoms with van der Waals surface area (Å²) >= 11 is 0. The molecule has 280 valence electrons. The summed E-state index contributed by atoms with van der Waals surface area (Å²) in [6.07, 6.45) is -0.315. The molecule has 1 aliphatic heterocycles. The maximum absolute atomic E-state index is 7.16. The first-order valence-corrected chi connectivity index (χ1v) is 18.2. The number of likely N-dealkylation sites (N-methyl/N-ethyl adjacent to an activating group) is 2. The summed E-state index contributed by atoms with van der Waals surface area (Å²) in [7, 11) is 11.5. The zero-order chi connectivity index (χ0) is 37.6. The minimum Gasteiger partial charge on any atom is -0.497 e. The largest absolute Gasteiger partial charge is 0.497 e. The van der Waals surface area contributed by atoms with Gasteiger partial charge in [0.25, 0.3) is 0 Å². The fourth-order valence-electron chi connectivity index (χ4n) is 7.35. The van der Waals surface area contributed by atoms with Gasteiger partial charge in [0.1, 0.15) is 74.5 Å². The molecular weight excluding hydrogens is 652 g/mol. The molecule has 4 aromatic rings. The van der Waals surface area contributed by atoms with Crippen molar-refractivity contribution in [2.24, 2.45) is 5.41 Å². The van der Waals surface area contributed by atoms with Crippen molar-refractivity contribution in [2.75, 3.05) is 55.6 Å². The van der Waals surface area contributed by atoms with Crippen LogP contribution in [0, 0.1) is 5.41 Å². The molecule has 4 aromatic carbocycles. The van der Waals surface area contributed by atoms with E-state index < -0.39 is 5.79 Å². The van der Waals surface area contributed by atoms with Crippen LogP contribution < -0.4 is 18.9 Å². The van der Waals surface area contributed by atoms with Crippen LogP contribution >= 0.6 is 0 Å². The third-order valence-corrected chi connectivity index (χ3v) is 10.7. The summed E-state index contributed by atoms with van der Waals surface area (Å²) in [6.45, 7) is 13.5. The van der Waals surface area contributed by atoms with Gasteiger partial charge in [-0.25, -0.2) is 0 Å². The Morgan fingerprint density at radius 2 is 0.712 bits per heavy atom. The molecule has 8 nitrogen and oxygen atoms in total. The minimum absolute atomic E-state index is 0.157. The van der Waals surface area contributed by atoms with E-state index in [4.69, 9.17) is 28.4 Å². The summed E-state index contributed by atoms with van der Waals surface area (Å²) < 4.78 is 37.7. The molecule has 0 aromatic heterocycles. The molecule has 2 unspecified atom stereocenters. The van der Waals surface area contributed by atoms with Gasteiger partial charge in [0.15, 0.2) is 5.79 Å². The van der Waals surface area contributed by atoms with Gasteiger partial charge >= 0.3 is 0 Å². The fraction of sp³-hybridized carbons (Fsp3) is 0.455. The van der Waals surface area contributed by atoms with Crippen molar-refractivity contribution < 1.29 is 37.4 Å². The lowest BCUT2D eigenvalue weighted by molar-refractivity contribution is -0.944. The van der Waals surface area contributed by atoms with E-state index in [1.807, 2.05) is 48.5 Å². The summed E-state index contributed by atoms with van der Waals surface area (Å²) in [6, 6.07) is 33.7. The summed E-state index contributed by atoms with van der Waals surface area (Å²) in [5.41, 5.74) is 4.72. The topological polar surface area (TPSA) is 55.4 Å². The van der Waals surface area contributed by atoms with Crippen molar-refractivity contribution in [1.29, 1.82) is 0 Å². The number of benzene rings is 4. The second-order valence-electron chi connectivity index (χ2n) is 16.1. The Bertz CT molecular complexity index is 1480. The van der Waals surface area contributed by atoms with Gasteiger partial charge in [0.2, 0.25) is 0 Å². The van der Waals surface area contributed by atoms with Gasteiger partial charge in [-0.3, -0.25) is 0 Å². The lowest BCUT2D eigenvalue weighted by Gasteiger charge is -2.40. The highest BCUT2D eigenvalue weighted by atomic mass is 16.8. The van der Waals surface area contributed by atoms with E-state index >= 15 is 0 Å². The van der Waals surface area contributed by atoms with Crippen LogP contribution in [0.3, 0.4) is 0 Å². The van der Waals surface area contributed by atoms with Gasteiger partial charge in [-0.15, -0.1) is 0 Å². The molecule has 0 amide bonds. The summed E-state index contributed by atoms with van der Waals surface area (Å²) in [4.78, 5) is 0. The molecule has 2 atom stereocenters. The Hall–Kier alpha value is -4.08. The number of methoxy groups -OCH3 is 4. The molecule has 5 rings (SSSR count). The Morgan fingerprint density at radius 3 is 0.904 bits per heavy atom. The van der Waals surface area contributed by atoms with E-state index in [1.165, 1.54) is 22.3 Å². The van der Waals surface area contributed by atoms with Crippen molar-refractivity contribution in [3.8, 4) is 23.0 Å². The number of quaternary nitrogens is 2. The zero-order valence-corrected chi connectivity index (χ0v) is 33.0. The minimum atomic E-state index is -0.765. The molecule has 0 spiro atoms.